The monoisotopic (exact) mass is 357 g/mol. The number of rotatable bonds is 2. The Balaban J connectivity index is 3.30. The van der Waals surface area contributed by atoms with E-state index in [4.69, 9.17) is 21.1 Å². The summed E-state index contributed by atoms with van der Waals surface area (Å²) < 4.78 is 10.6. The van der Waals surface area contributed by atoms with E-state index in [1.165, 1.54) is 6.07 Å². The lowest BCUT2D eigenvalue weighted by Gasteiger charge is -2.28. The van der Waals surface area contributed by atoms with Crippen LogP contribution in [0.15, 0.2) is 6.07 Å². The molecule has 1 aromatic heterocycles. The van der Waals surface area contributed by atoms with Crippen molar-refractivity contribution in [2.75, 3.05) is 4.90 Å². The Labute approximate surface area is 147 Å². The summed E-state index contributed by atoms with van der Waals surface area (Å²) in [5.41, 5.74) is -0.995. The molecule has 0 aliphatic rings. The van der Waals surface area contributed by atoms with Crippen LogP contribution in [0, 0.1) is 0 Å². The highest BCUT2D eigenvalue weighted by Gasteiger charge is 2.34. The van der Waals surface area contributed by atoms with Gasteiger partial charge in [0.15, 0.2) is 5.82 Å². The molecular formula is C16H24ClN3O4. The largest absolute Gasteiger partial charge is 0.443 e. The summed E-state index contributed by atoms with van der Waals surface area (Å²) in [5.74, 6) is 0.00958. The number of carbonyl (C=O) groups excluding carboxylic acids is 2. The maximum atomic E-state index is 12.5. The lowest BCUT2D eigenvalue weighted by molar-refractivity contribution is 0.0429. The molecule has 1 heterocycles. The van der Waals surface area contributed by atoms with E-state index in [2.05, 4.69) is 9.97 Å². The van der Waals surface area contributed by atoms with Gasteiger partial charge in [-0.1, -0.05) is 6.92 Å². The van der Waals surface area contributed by atoms with Crippen molar-refractivity contribution >= 4 is 29.6 Å². The SMILES string of the molecule is CCc1cc(N(C(=O)OC(C)(C)C)C(=O)OC(C)(C)C)nc(Cl)n1. The van der Waals surface area contributed by atoms with Crippen LogP contribution in [0.25, 0.3) is 0 Å². The molecule has 0 aromatic carbocycles. The van der Waals surface area contributed by atoms with Crippen LogP contribution >= 0.6 is 11.6 Å². The average molecular weight is 358 g/mol. The van der Waals surface area contributed by atoms with E-state index in [9.17, 15) is 9.59 Å². The quantitative estimate of drug-likeness (QED) is 0.731. The highest BCUT2D eigenvalue weighted by Crippen LogP contribution is 2.22. The van der Waals surface area contributed by atoms with Gasteiger partial charge in [0.05, 0.1) is 0 Å². The van der Waals surface area contributed by atoms with Crippen LogP contribution in [0.2, 0.25) is 5.28 Å². The molecular weight excluding hydrogens is 334 g/mol. The summed E-state index contributed by atoms with van der Waals surface area (Å²) in [7, 11) is 0. The van der Waals surface area contributed by atoms with E-state index in [1.807, 2.05) is 6.92 Å². The van der Waals surface area contributed by atoms with Crippen molar-refractivity contribution in [1.82, 2.24) is 9.97 Å². The Bertz CT molecular complexity index is 593. The third-order valence-electron chi connectivity index (χ3n) is 2.48. The minimum Gasteiger partial charge on any atom is -0.443 e. The van der Waals surface area contributed by atoms with E-state index < -0.39 is 23.4 Å². The zero-order chi connectivity index (χ0) is 18.7. The number of hydrogen-bond donors (Lipinski definition) is 0. The molecule has 134 valence electrons. The third-order valence-corrected chi connectivity index (χ3v) is 2.65. The van der Waals surface area contributed by atoms with Gasteiger partial charge < -0.3 is 9.47 Å². The molecule has 0 saturated carbocycles. The molecule has 0 bridgehead atoms. The smallest absolute Gasteiger partial charge is 0.425 e. The molecule has 24 heavy (non-hydrogen) atoms. The van der Waals surface area contributed by atoms with Gasteiger partial charge >= 0.3 is 12.2 Å². The van der Waals surface area contributed by atoms with Crippen LogP contribution in [-0.2, 0) is 15.9 Å². The van der Waals surface area contributed by atoms with Gasteiger partial charge in [-0.2, -0.15) is 9.88 Å². The highest BCUT2D eigenvalue weighted by atomic mass is 35.5. The molecule has 0 radical (unpaired) electrons. The maximum Gasteiger partial charge on any atom is 0.425 e. The first-order chi connectivity index (χ1) is 10.8. The molecule has 1 aromatic rings. The van der Waals surface area contributed by atoms with Crippen molar-refractivity contribution in [3.63, 3.8) is 0 Å². The van der Waals surface area contributed by atoms with Gasteiger partial charge in [0.1, 0.15) is 11.2 Å². The number of halogens is 1. The summed E-state index contributed by atoms with van der Waals surface area (Å²) in [6, 6.07) is 1.50. The molecule has 0 spiro atoms. The van der Waals surface area contributed by atoms with Gasteiger partial charge in [0, 0.05) is 11.8 Å². The molecule has 1 rings (SSSR count). The number of anilines is 1. The van der Waals surface area contributed by atoms with Crippen LogP contribution in [0.3, 0.4) is 0 Å². The van der Waals surface area contributed by atoms with Crippen molar-refractivity contribution < 1.29 is 19.1 Å². The summed E-state index contributed by atoms with van der Waals surface area (Å²) in [6.07, 6.45) is -1.23. The molecule has 7 nitrogen and oxygen atoms in total. The second-order valence-electron chi connectivity index (χ2n) is 7.14. The lowest BCUT2D eigenvalue weighted by atomic mass is 10.2. The number of nitrogens with zero attached hydrogens (tertiary/aromatic N) is 3. The number of carbonyl (C=O) groups is 2. The van der Waals surface area contributed by atoms with E-state index in [0.717, 1.165) is 4.90 Å². The molecule has 2 amide bonds. The Kier molecular flexibility index (Phi) is 6.16. The zero-order valence-electron chi connectivity index (χ0n) is 15.1. The van der Waals surface area contributed by atoms with E-state index in [-0.39, 0.29) is 11.1 Å². The van der Waals surface area contributed by atoms with Gasteiger partial charge in [-0.3, -0.25) is 0 Å². The maximum absolute atomic E-state index is 12.5. The molecule has 8 heteroatoms. The molecule has 0 aliphatic carbocycles. The normalized spacial score (nSPS) is 11.8. The van der Waals surface area contributed by atoms with Gasteiger partial charge in [-0.15, -0.1) is 0 Å². The molecule has 0 N–H and O–H groups in total. The van der Waals surface area contributed by atoms with Crippen molar-refractivity contribution in [3.05, 3.63) is 17.0 Å². The number of aromatic nitrogens is 2. The average Bonchev–Trinajstić information content (AvgIpc) is 2.33. The number of aryl methyl sites for hydroxylation is 1. The van der Waals surface area contributed by atoms with Crippen LogP contribution in [0.5, 0.6) is 0 Å². The topological polar surface area (TPSA) is 81.6 Å². The Hall–Kier alpha value is -1.89. The third kappa shape index (κ3) is 6.31. The second-order valence-corrected chi connectivity index (χ2v) is 7.47. The number of imide groups is 1. The van der Waals surface area contributed by atoms with Gasteiger partial charge in [-0.05, 0) is 59.6 Å². The number of hydrogen-bond acceptors (Lipinski definition) is 6. The fraction of sp³-hybridized carbons (Fsp3) is 0.625. The van der Waals surface area contributed by atoms with Crippen LogP contribution in [0.4, 0.5) is 15.4 Å². The van der Waals surface area contributed by atoms with E-state index in [0.29, 0.717) is 12.1 Å². The van der Waals surface area contributed by atoms with Crippen molar-refractivity contribution in [2.24, 2.45) is 0 Å². The highest BCUT2D eigenvalue weighted by molar-refractivity contribution is 6.28. The van der Waals surface area contributed by atoms with Gasteiger partial charge in [0.2, 0.25) is 5.28 Å². The summed E-state index contributed by atoms with van der Waals surface area (Å²) in [6.45, 7) is 12.1. The summed E-state index contributed by atoms with van der Waals surface area (Å²) in [4.78, 5) is 33.7. The lowest BCUT2D eigenvalue weighted by Crippen LogP contribution is -2.44. The fourth-order valence-electron chi connectivity index (χ4n) is 1.62. The molecule has 0 aliphatic heterocycles. The zero-order valence-corrected chi connectivity index (χ0v) is 15.9. The number of amides is 2. The minimum absolute atomic E-state index is 0.00958. The first kappa shape index (κ1) is 20.2. The molecule has 0 fully saturated rings. The van der Waals surface area contributed by atoms with Crippen LogP contribution in [-0.4, -0.2) is 33.4 Å². The standard InChI is InChI=1S/C16H24ClN3O4/c1-8-10-9-11(19-12(17)18-10)20(13(21)23-15(2,3)4)14(22)24-16(5,6)7/h9H,8H2,1-7H3. The predicted molar refractivity (Wildman–Crippen MR) is 91.4 cm³/mol. The van der Waals surface area contributed by atoms with Crippen LogP contribution < -0.4 is 4.90 Å². The fourth-order valence-corrected chi connectivity index (χ4v) is 1.82. The molecule has 0 saturated heterocycles. The summed E-state index contributed by atoms with van der Waals surface area (Å²) >= 11 is 5.90. The first-order valence-electron chi connectivity index (χ1n) is 7.62. The van der Waals surface area contributed by atoms with Crippen molar-refractivity contribution in [1.29, 1.82) is 0 Å². The van der Waals surface area contributed by atoms with E-state index in [1.54, 1.807) is 41.5 Å². The molecule has 0 atom stereocenters. The van der Waals surface area contributed by atoms with E-state index >= 15 is 0 Å². The first-order valence-corrected chi connectivity index (χ1v) is 7.99. The predicted octanol–water partition coefficient (Wildman–Crippen LogP) is 4.37. The number of ether oxygens (including phenoxy) is 2. The Morgan fingerprint density at radius 2 is 1.50 bits per heavy atom. The van der Waals surface area contributed by atoms with Gasteiger partial charge in [-0.25, -0.2) is 14.6 Å². The van der Waals surface area contributed by atoms with Crippen LogP contribution in [0.1, 0.15) is 54.2 Å². The van der Waals surface area contributed by atoms with Crippen molar-refractivity contribution in [2.45, 2.75) is 66.1 Å². The minimum atomic E-state index is -0.895. The molecule has 0 unspecified atom stereocenters. The Morgan fingerprint density at radius 3 is 1.88 bits per heavy atom. The summed E-state index contributed by atoms with van der Waals surface area (Å²) in [5, 5.41) is -0.0681. The van der Waals surface area contributed by atoms with Crippen molar-refractivity contribution in [3.8, 4) is 0 Å². The second kappa shape index (κ2) is 7.34. The Morgan fingerprint density at radius 1 is 1.04 bits per heavy atom. The van der Waals surface area contributed by atoms with Gasteiger partial charge in [0.25, 0.3) is 0 Å².